The molecule has 0 spiro atoms. The summed E-state index contributed by atoms with van der Waals surface area (Å²) in [5, 5.41) is 15.4. The molecule has 1 heterocycles. The number of hydrogen-bond donors (Lipinski definition) is 2. The first kappa shape index (κ1) is 13.5. The molecule has 1 atom stereocenters. The number of rotatable bonds is 2. The number of fused-ring (bicyclic) bond motifs is 1. The zero-order valence-electron chi connectivity index (χ0n) is 11.3. The molecule has 0 aliphatic carbocycles. The van der Waals surface area contributed by atoms with Crippen LogP contribution in [0.15, 0.2) is 36.4 Å². The van der Waals surface area contributed by atoms with Gasteiger partial charge in [0.15, 0.2) is 0 Å². The van der Waals surface area contributed by atoms with E-state index in [4.69, 9.17) is 16.9 Å². The molecule has 21 heavy (non-hydrogen) atoms. The Morgan fingerprint density at radius 1 is 1.29 bits per heavy atom. The van der Waals surface area contributed by atoms with Crippen molar-refractivity contribution in [3.05, 3.63) is 58.1 Å². The molecule has 1 aliphatic heterocycles. The van der Waals surface area contributed by atoms with Crippen LogP contribution in [0.5, 0.6) is 0 Å². The van der Waals surface area contributed by atoms with Gasteiger partial charge in [-0.3, -0.25) is 4.79 Å². The highest BCUT2D eigenvalue weighted by molar-refractivity contribution is 6.31. The summed E-state index contributed by atoms with van der Waals surface area (Å²) >= 11 is 5.91. The predicted molar refractivity (Wildman–Crippen MR) is 82.3 cm³/mol. The molecule has 0 saturated heterocycles. The lowest BCUT2D eigenvalue weighted by atomic mass is 10.0. The number of carbonyl (C=O) groups excluding carboxylic acids is 1. The molecular formula is C16H12ClN3O. The van der Waals surface area contributed by atoms with Gasteiger partial charge in [-0.25, -0.2) is 0 Å². The number of amides is 1. The number of nitriles is 1. The summed E-state index contributed by atoms with van der Waals surface area (Å²) < 4.78 is 0. The van der Waals surface area contributed by atoms with Crippen LogP contribution in [0.25, 0.3) is 0 Å². The van der Waals surface area contributed by atoms with Crippen molar-refractivity contribution in [2.24, 2.45) is 0 Å². The van der Waals surface area contributed by atoms with Crippen molar-refractivity contribution in [1.29, 1.82) is 5.26 Å². The smallest absolute Gasteiger partial charge is 0.251 e. The third-order valence-corrected chi connectivity index (χ3v) is 3.77. The average molecular weight is 298 g/mol. The lowest BCUT2D eigenvalue weighted by molar-refractivity contribution is -0.116. The summed E-state index contributed by atoms with van der Waals surface area (Å²) in [6, 6.07) is 12.4. The molecule has 104 valence electrons. The van der Waals surface area contributed by atoms with Crippen molar-refractivity contribution < 1.29 is 4.79 Å². The minimum absolute atomic E-state index is 0.107. The van der Waals surface area contributed by atoms with Gasteiger partial charge in [-0.1, -0.05) is 29.3 Å². The zero-order chi connectivity index (χ0) is 15.0. The van der Waals surface area contributed by atoms with Gasteiger partial charge in [0, 0.05) is 16.9 Å². The number of nitrogens with zero attached hydrogens (tertiary/aromatic N) is 1. The monoisotopic (exact) mass is 297 g/mol. The van der Waals surface area contributed by atoms with Gasteiger partial charge in [0.2, 0.25) is 0 Å². The Morgan fingerprint density at radius 3 is 2.86 bits per heavy atom. The highest BCUT2D eigenvalue weighted by Crippen LogP contribution is 2.34. The second-order valence-electron chi connectivity index (χ2n) is 4.96. The summed E-state index contributed by atoms with van der Waals surface area (Å²) in [4.78, 5) is 12.1. The molecule has 2 aromatic rings. The quantitative estimate of drug-likeness (QED) is 0.889. The fraction of sp³-hybridized carbons (Fsp3) is 0.125. The Kier molecular flexibility index (Phi) is 3.28. The topological polar surface area (TPSA) is 64.9 Å². The molecule has 0 fully saturated rings. The number of nitrogens with one attached hydrogen (secondary N) is 2. The van der Waals surface area contributed by atoms with E-state index in [-0.39, 0.29) is 5.91 Å². The van der Waals surface area contributed by atoms with E-state index < -0.39 is 6.04 Å². The van der Waals surface area contributed by atoms with Crippen LogP contribution < -0.4 is 10.6 Å². The number of carbonyl (C=O) groups is 1. The Balaban J connectivity index is 1.94. The molecular weight excluding hydrogens is 286 g/mol. The van der Waals surface area contributed by atoms with Crippen LogP contribution in [0.1, 0.15) is 22.7 Å². The minimum atomic E-state index is -0.465. The van der Waals surface area contributed by atoms with Crippen LogP contribution in [0, 0.1) is 18.3 Å². The number of aryl methyl sites for hydroxylation is 1. The second kappa shape index (κ2) is 5.12. The van der Waals surface area contributed by atoms with Crippen LogP contribution >= 0.6 is 11.6 Å². The molecule has 2 N–H and O–H groups in total. The van der Waals surface area contributed by atoms with Crippen molar-refractivity contribution in [2.45, 2.75) is 13.0 Å². The van der Waals surface area contributed by atoms with Gasteiger partial charge in [0.25, 0.3) is 5.91 Å². The number of anilines is 2. The van der Waals surface area contributed by atoms with Gasteiger partial charge >= 0.3 is 0 Å². The van der Waals surface area contributed by atoms with E-state index in [1.165, 1.54) is 0 Å². The first-order valence-electron chi connectivity index (χ1n) is 6.46. The van der Waals surface area contributed by atoms with Crippen molar-refractivity contribution in [2.75, 3.05) is 10.6 Å². The molecule has 1 unspecified atom stereocenters. The van der Waals surface area contributed by atoms with E-state index in [2.05, 4.69) is 10.6 Å². The Morgan fingerprint density at radius 2 is 2.10 bits per heavy atom. The molecule has 1 aliphatic rings. The van der Waals surface area contributed by atoms with Crippen LogP contribution in [0.3, 0.4) is 0 Å². The summed E-state index contributed by atoms with van der Waals surface area (Å²) in [7, 11) is 0. The Bertz CT molecular complexity index is 780. The summed E-state index contributed by atoms with van der Waals surface area (Å²) in [5.74, 6) is -0.107. The first-order valence-corrected chi connectivity index (χ1v) is 6.84. The second-order valence-corrected chi connectivity index (χ2v) is 5.37. The van der Waals surface area contributed by atoms with E-state index in [9.17, 15) is 4.79 Å². The van der Waals surface area contributed by atoms with E-state index in [0.29, 0.717) is 16.3 Å². The molecule has 4 nitrogen and oxygen atoms in total. The maximum Gasteiger partial charge on any atom is 0.251 e. The molecule has 5 heteroatoms. The van der Waals surface area contributed by atoms with Crippen molar-refractivity contribution in [3.8, 4) is 6.07 Å². The summed E-state index contributed by atoms with van der Waals surface area (Å²) in [6.07, 6.45) is 0. The lowest BCUT2D eigenvalue weighted by Gasteiger charge is -2.14. The molecule has 0 bridgehead atoms. The molecule has 0 radical (unpaired) electrons. The van der Waals surface area contributed by atoms with Gasteiger partial charge in [0.1, 0.15) is 12.1 Å². The van der Waals surface area contributed by atoms with Gasteiger partial charge in [-0.2, -0.15) is 5.26 Å². The SMILES string of the molecule is Cc1ccc2c(c1)C(Nc1ccc(Cl)c(C#N)c1)C(=O)N2. The molecule has 1 amide bonds. The molecule has 2 aromatic carbocycles. The van der Waals surface area contributed by atoms with Gasteiger partial charge < -0.3 is 10.6 Å². The third-order valence-electron chi connectivity index (χ3n) is 3.44. The van der Waals surface area contributed by atoms with Gasteiger partial charge in [-0.05, 0) is 31.2 Å². The normalized spacial score (nSPS) is 16.0. The Hall–Kier alpha value is -2.51. The standard InChI is InChI=1S/C16H12ClN3O/c1-9-2-5-14-12(6-9)15(16(21)20-14)19-11-3-4-13(17)10(7-11)8-18/h2-7,15,19H,1H3,(H,20,21). The highest BCUT2D eigenvalue weighted by Gasteiger charge is 2.30. The summed E-state index contributed by atoms with van der Waals surface area (Å²) in [5.41, 5.74) is 3.88. The van der Waals surface area contributed by atoms with Crippen molar-refractivity contribution in [1.82, 2.24) is 0 Å². The van der Waals surface area contributed by atoms with E-state index in [1.807, 2.05) is 31.2 Å². The van der Waals surface area contributed by atoms with Crippen molar-refractivity contribution >= 4 is 28.9 Å². The summed E-state index contributed by atoms with van der Waals surface area (Å²) in [6.45, 7) is 1.98. The van der Waals surface area contributed by atoms with Gasteiger partial charge in [-0.15, -0.1) is 0 Å². The van der Waals surface area contributed by atoms with Crippen LogP contribution in [-0.4, -0.2) is 5.91 Å². The fourth-order valence-electron chi connectivity index (χ4n) is 2.39. The Labute approximate surface area is 127 Å². The number of hydrogen-bond acceptors (Lipinski definition) is 3. The van der Waals surface area contributed by atoms with Crippen LogP contribution in [0.2, 0.25) is 5.02 Å². The van der Waals surface area contributed by atoms with Crippen molar-refractivity contribution in [3.63, 3.8) is 0 Å². The van der Waals surface area contributed by atoms with Gasteiger partial charge in [0.05, 0.1) is 10.6 Å². The zero-order valence-corrected chi connectivity index (χ0v) is 12.0. The maximum atomic E-state index is 12.1. The average Bonchev–Trinajstić information content (AvgIpc) is 2.77. The third kappa shape index (κ3) is 2.44. The van der Waals surface area contributed by atoms with E-state index in [0.717, 1.165) is 16.8 Å². The molecule has 3 rings (SSSR count). The minimum Gasteiger partial charge on any atom is -0.370 e. The number of halogens is 1. The van der Waals surface area contributed by atoms with Crippen LogP contribution in [0.4, 0.5) is 11.4 Å². The largest absolute Gasteiger partial charge is 0.370 e. The predicted octanol–water partition coefficient (Wildman–Crippen LogP) is 3.63. The maximum absolute atomic E-state index is 12.1. The van der Waals surface area contributed by atoms with E-state index >= 15 is 0 Å². The lowest BCUT2D eigenvalue weighted by Crippen LogP contribution is -2.19. The molecule has 0 saturated carbocycles. The fourth-order valence-corrected chi connectivity index (χ4v) is 2.55. The highest BCUT2D eigenvalue weighted by atomic mass is 35.5. The molecule has 0 aromatic heterocycles. The number of benzene rings is 2. The van der Waals surface area contributed by atoms with Crippen LogP contribution in [-0.2, 0) is 4.79 Å². The van der Waals surface area contributed by atoms with E-state index in [1.54, 1.807) is 18.2 Å². The first-order chi connectivity index (χ1) is 10.1.